The van der Waals surface area contributed by atoms with Crippen LogP contribution in [0.1, 0.15) is 80.5 Å². The van der Waals surface area contributed by atoms with E-state index in [9.17, 15) is 5.11 Å². The maximum absolute atomic E-state index is 11.8. The molecule has 216 valence electrons. The van der Waals surface area contributed by atoms with E-state index in [-0.39, 0.29) is 5.41 Å². The SMILES string of the molecule is CC1=CCCC=C1C1(c2ccccc2C)Oc2cc3c4c(cc(O)c3cc2S1)C1(CC2CCCCC2C1)c1ccccc1-4. The van der Waals surface area contributed by atoms with Crippen LogP contribution in [0.15, 0.2) is 94.9 Å². The fraction of sp³-hybridized carbons (Fsp3) is 0.350. The molecule has 2 nitrogen and oxygen atoms in total. The minimum Gasteiger partial charge on any atom is -0.507 e. The lowest BCUT2D eigenvalue weighted by molar-refractivity contribution is 0.214. The van der Waals surface area contributed by atoms with Crippen molar-refractivity contribution in [3.8, 4) is 22.6 Å². The molecule has 4 aromatic carbocycles. The Balaban J connectivity index is 1.26. The summed E-state index contributed by atoms with van der Waals surface area (Å²) in [5.74, 6) is 2.91. The maximum atomic E-state index is 11.8. The van der Waals surface area contributed by atoms with E-state index in [0.717, 1.165) is 46.1 Å². The van der Waals surface area contributed by atoms with Crippen LogP contribution in [0, 0.1) is 18.8 Å². The van der Waals surface area contributed by atoms with E-state index in [1.54, 1.807) is 11.8 Å². The number of thioether (sulfide) groups is 1. The van der Waals surface area contributed by atoms with Gasteiger partial charge in [0.05, 0.1) is 4.90 Å². The number of phenols is 1. The highest BCUT2D eigenvalue weighted by Crippen LogP contribution is 2.65. The third-order valence-electron chi connectivity index (χ3n) is 11.4. The van der Waals surface area contributed by atoms with E-state index >= 15 is 0 Å². The summed E-state index contributed by atoms with van der Waals surface area (Å²) in [6.45, 7) is 4.42. The van der Waals surface area contributed by atoms with Gasteiger partial charge in [0, 0.05) is 21.9 Å². The smallest absolute Gasteiger partial charge is 0.210 e. The Hall–Kier alpha value is -3.43. The average molecular weight is 583 g/mol. The molecule has 43 heavy (non-hydrogen) atoms. The fourth-order valence-electron chi connectivity index (χ4n) is 9.57. The Morgan fingerprint density at radius 2 is 1.51 bits per heavy atom. The topological polar surface area (TPSA) is 29.5 Å². The van der Waals surface area contributed by atoms with Gasteiger partial charge in [0.25, 0.3) is 0 Å². The zero-order valence-electron chi connectivity index (χ0n) is 25.1. The second-order valence-corrected chi connectivity index (χ2v) is 14.9. The molecule has 2 fully saturated rings. The van der Waals surface area contributed by atoms with Crippen molar-refractivity contribution in [2.24, 2.45) is 11.8 Å². The largest absolute Gasteiger partial charge is 0.507 e. The van der Waals surface area contributed by atoms with Crippen molar-refractivity contribution in [2.45, 2.75) is 80.5 Å². The van der Waals surface area contributed by atoms with Gasteiger partial charge in [-0.1, -0.05) is 98.1 Å². The van der Waals surface area contributed by atoms with E-state index in [1.165, 1.54) is 83.1 Å². The lowest BCUT2D eigenvalue weighted by Crippen LogP contribution is -2.31. The number of aryl methyl sites for hydroxylation is 1. The standard InChI is InChI=1S/C40H38O2S/c1-24-11-3-8-16-31(24)40(32-17-9-4-12-25(32)2)42-36-19-30-29(20-37(36)43-40)35(41)21-34-38(30)28-15-7-10-18-33(28)39(34)22-26-13-5-6-14-27(26)23-39/h3,7-8,10-12,15-21,26-27,41H,4-6,9,13-14,22-23H2,1-2H3. The van der Waals surface area contributed by atoms with Crippen LogP contribution in [0.25, 0.3) is 21.9 Å². The van der Waals surface area contributed by atoms with Crippen molar-refractivity contribution in [1.29, 1.82) is 0 Å². The minimum absolute atomic E-state index is 0.00557. The van der Waals surface area contributed by atoms with Crippen LogP contribution >= 0.6 is 11.8 Å². The van der Waals surface area contributed by atoms with Crippen molar-refractivity contribution in [3.63, 3.8) is 0 Å². The highest BCUT2D eigenvalue weighted by atomic mass is 32.2. The normalized spacial score (nSPS) is 28.6. The number of hydrogen-bond acceptors (Lipinski definition) is 3. The summed E-state index contributed by atoms with van der Waals surface area (Å²) in [6.07, 6.45) is 14.7. The van der Waals surface area contributed by atoms with Crippen molar-refractivity contribution in [2.75, 3.05) is 0 Å². The van der Waals surface area contributed by atoms with Gasteiger partial charge in [-0.3, -0.25) is 0 Å². The number of fused-ring (bicyclic) bond motifs is 9. The van der Waals surface area contributed by atoms with Gasteiger partial charge in [-0.25, -0.2) is 0 Å². The first-order valence-corrected chi connectivity index (χ1v) is 17.1. The molecule has 0 aromatic heterocycles. The number of benzene rings is 4. The second kappa shape index (κ2) is 9.29. The number of allylic oxidation sites excluding steroid dienone is 2. The molecule has 1 heterocycles. The molecule has 1 N–H and O–H groups in total. The highest BCUT2D eigenvalue weighted by molar-refractivity contribution is 8.00. The molecule has 2 saturated carbocycles. The van der Waals surface area contributed by atoms with E-state index in [2.05, 4.69) is 92.7 Å². The zero-order chi connectivity index (χ0) is 28.9. The van der Waals surface area contributed by atoms with Crippen LogP contribution in [0.2, 0.25) is 0 Å². The molecule has 1 aliphatic heterocycles. The van der Waals surface area contributed by atoms with Gasteiger partial charge in [-0.15, -0.1) is 0 Å². The molecule has 3 atom stereocenters. The van der Waals surface area contributed by atoms with Gasteiger partial charge in [0.15, 0.2) is 0 Å². The van der Waals surface area contributed by atoms with Crippen LogP contribution < -0.4 is 4.74 Å². The lowest BCUT2D eigenvalue weighted by atomic mass is 9.75. The Labute approximate surface area is 258 Å². The van der Waals surface area contributed by atoms with Gasteiger partial charge in [-0.2, -0.15) is 0 Å². The first-order chi connectivity index (χ1) is 21.0. The van der Waals surface area contributed by atoms with Gasteiger partial charge < -0.3 is 9.84 Å². The molecule has 0 bridgehead atoms. The molecule has 9 rings (SSSR count). The molecule has 5 aliphatic rings. The molecule has 0 amide bonds. The number of phenolic OH excluding ortho intramolecular Hbond substituents is 1. The molecule has 0 saturated heterocycles. The molecule has 0 radical (unpaired) electrons. The molecular formula is C40H38O2S. The number of aromatic hydroxyl groups is 1. The van der Waals surface area contributed by atoms with Crippen LogP contribution in [0.3, 0.4) is 0 Å². The van der Waals surface area contributed by atoms with Gasteiger partial charge in [-0.05, 0) is 108 Å². The Morgan fingerprint density at radius 1 is 0.791 bits per heavy atom. The first kappa shape index (κ1) is 26.0. The lowest BCUT2D eigenvalue weighted by Gasteiger charge is -2.34. The Kier molecular flexibility index (Phi) is 5.62. The summed E-state index contributed by atoms with van der Waals surface area (Å²) in [5.41, 5.74) is 10.5. The van der Waals surface area contributed by atoms with Crippen molar-refractivity contribution >= 4 is 22.5 Å². The minimum atomic E-state index is -0.648. The van der Waals surface area contributed by atoms with Crippen LogP contribution in [-0.2, 0) is 10.3 Å². The monoisotopic (exact) mass is 582 g/mol. The average Bonchev–Trinajstić information content (AvgIpc) is 3.67. The maximum Gasteiger partial charge on any atom is 0.210 e. The summed E-state index contributed by atoms with van der Waals surface area (Å²) in [4.78, 5) is 0.448. The second-order valence-electron chi connectivity index (χ2n) is 13.7. The zero-order valence-corrected chi connectivity index (χ0v) is 25.9. The third kappa shape index (κ3) is 3.55. The van der Waals surface area contributed by atoms with Crippen molar-refractivity contribution in [1.82, 2.24) is 0 Å². The van der Waals surface area contributed by atoms with Gasteiger partial charge in [0.2, 0.25) is 4.93 Å². The van der Waals surface area contributed by atoms with Crippen LogP contribution in [0.4, 0.5) is 0 Å². The Morgan fingerprint density at radius 3 is 2.28 bits per heavy atom. The van der Waals surface area contributed by atoms with Crippen molar-refractivity contribution in [3.05, 3.63) is 112 Å². The number of hydrogen-bond donors (Lipinski definition) is 1. The van der Waals surface area contributed by atoms with E-state index in [4.69, 9.17) is 4.74 Å². The summed E-state index contributed by atoms with van der Waals surface area (Å²) < 4.78 is 7.23. The van der Waals surface area contributed by atoms with Crippen molar-refractivity contribution < 1.29 is 9.84 Å². The van der Waals surface area contributed by atoms with Crippen LogP contribution in [-0.4, -0.2) is 5.11 Å². The summed E-state index contributed by atoms with van der Waals surface area (Å²) in [7, 11) is 0. The summed E-state index contributed by atoms with van der Waals surface area (Å²) in [6, 6.07) is 24.4. The van der Waals surface area contributed by atoms with Crippen LogP contribution in [0.5, 0.6) is 11.5 Å². The van der Waals surface area contributed by atoms with E-state index in [1.807, 2.05) is 0 Å². The molecule has 4 aromatic rings. The molecule has 3 unspecified atom stereocenters. The predicted octanol–water partition coefficient (Wildman–Crippen LogP) is 10.7. The van der Waals surface area contributed by atoms with E-state index < -0.39 is 4.93 Å². The Bertz CT molecular complexity index is 1880. The summed E-state index contributed by atoms with van der Waals surface area (Å²) >= 11 is 1.79. The molecular weight excluding hydrogens is 545 g/mol. The fourth-order valence-corrected chi connectivity index (χ4v) is 11.1. The molecule has 3 heteroatoms. The third-order valence-corrected chi connectivity index (χ3v) is 12.8. The van der Waals surface area contributed by atoms with Gasteiger partial charge >= 0.3 is 0 Å². The predicted molar refractivity (Wildman–Crippen MR) is 177 cm³/mol. The van der Waals surface area contributed by atoms with E-state index in [0.29, 0.717) is 5.75 Å². The molecule has 4 aliphatic carbocycles. The quantitative estimate of drug-likeness (QED) is 0.255. The first-order valence-electron chi connectivity index (χ1n) is 16.2. The highest BCUT2D eigenvalue weighted by Gasteiger charge is 2.53. The van der Waals surface area contributed by atoms with Gasteiger partial charge in [0.1, 0.15) is 11.5 Å². The molecule has 1 spiro atoms. The summed E-state index contributed by atoms with van der Waals surface area (Å²) in [5, 5.41) is 13.8. The number of ether oxygens (including phenoxy) is 1. The number of rotatable bonds is 2.